The summed E-state index contributed by atoms with van der Waals surface area (Å²) in [6, 6.07) is 10.6. The van der Waals surface area contributed by atoms with Gasteiger partial charge in [0.2, 0.25) is 0 Å². The number of aryl methyl sites for hydroxylation is 1. The average Bonchev–Trinajstić information content (AvgIpc) is 2.35. The molecule has 1 aromatic carbocycles. The molecular weight excluding hydrogens is 278 g/mol. The Labute approximate surface area is 109 Å². The van der Waals surface area contributed by atoms with Crippen molar-refractivity contribution in [2.24, 2.45) is 0 Å². The second-order valence-electron chi connectivity index (χ2n) is 3.82. The van der Waals surface area contributed by atoms with E-state index in [1.165, 1.54) is 0 Å². The Bertz CT molecular complexity index is 538. The third kappa shape index (κ3) is 2.42. The molecule has 2 aromatic rings. The van der Waals surface area contributed by atoms with Gasteiger partial charge in [-0.2, -0.15) is 0 Å². The van der Waals surface area contributed by atoms with Crippen LogP contribution in [-0.4, -0.2) is 4.98 Å². The Morgan fingerprint density at radius 2 is 2.18 bits per heavy atom. The van der Waals surface area contributed by atoms with Crippen LogP contribution in [-0.2, 0) is 0 Å². The van der Waals surface area contributed by atoms with E-state index in [1.54, 1.807) is 0 Å². The summed E-state index contributed by atoms with van der Waals surface area (Å²) < 4.78 is 0.958. The summed E-state index contributed by atoms with van der Waals surface area (Å²) in [6.07, 6.45) is 0. The van der Waals surface area contributed by atoms with Gasteiger partial charge in [0.05, 0.1) is 11.4 Å². The maximum Gasteiger partial charge on any atom is 0.154 e. The molecule has 0 aliphatic rings. The minimum Gasteiger partial charge on any atom is -0.395 e. The second-order valence-corrected chi connectivity index (χ2v) is 4.61. The Morgan fingerprint density at radius 1 is 1.41 bits per heavy atom. The lowest BCUT2D eigenvalue weighted by atomic mass is 10.2. The van der Waals surface area contributed by atoms with Gasteiger partial charge < -0.3 is 11.1 Å². The molecule has 3 nitrogen and oxygen atoms in total. The summed E-state index contributed by atoms with van der Waals surface area (Å²) >= 11 is 3.47. The van der Waals surface area contributed by atoms with Crippen molar-refractivity contribution >= 4 is 33.1 Å². The molecule has 0 bridgehead atoms. The maximum absolute atomic E-state index is 6.03. The van der Waals surface area contributed by atoms with Crippen molar-refractivity contribution in [3.63, 3.8) is 0 Å². The van der Waals surface area contributed by atoms with E-state index in [4.69, 9.17) is 5.73 Å². The number of nitrogens with one attached hydrogen (secondary N) is 1. The van der Waals surface area contributed by atoms with Gasteiger partial charge in [0.1, 0.15) is 0 Å². The molecule has 0 unspecified atom stereocenters. The number of nitrogens with zero attached hydrogens (tertiary/aromatic N) is 1. The van der Waals surface area contributed by atoms with Crippen molar-refractivity contribution in [3.05, 3.63) is 46.1 Å². The molecule has 2 rings (SSSR count). The van der Waals surface area contributed by atoms with Crippen LogP contribution in [0.4, 0.5) is 17.2 Å². The van der Waals surface area contributed by atoms with Crippen molar-refractivity contribution in [1.29, 1.82) is 0 Å². The molecule has 0 aliphatic carbocycles. The van der Waals surface area contributed by atoms with Gasteiger partial charge in [0.25, 0.3) is 0 Å². The number of hydrogen-bond acceptors (Lipinski definition) is 3. The third-order valence-electron chi connectivity index (χ3n) is 2.56. The zero-order valence-corrected chi connectivity index (χ0v) is 11.3. The number of pyridine rings is 1. The normalized spacial score (nSPS) is 10.3. The Hall–Kier alpha value is -1.55. The van der Waals surface area contributed by atoms with E-state index >= 15 is 0 Å². The molecule has 0 fully saturated rings. The lowest BCUT2D eigenvalue weighted by Crippen LogP contribution is -2.03. The number of halogens is 1. The Kier molecular flexibility index (Phi) is 3.33. The van der Waals surface area contributed by atoms with Gasteiger partial charge in [-0.15, -0.1) is 0 Å². The zero-order valence-electron chi connectivity index (χ0n) is 9.71. The standard InChI is InChI=1S/C13H13BrN3/c1-8-11(14)9(2)16-13(12(8)15)17-10-6-4-3-5-7-10/h3-4,6-7H,15H2,1-2H3,(H,16,17). The zero-order chi connectivity index (χ0) is 12.4. The molecule has 1 radical (unpaired) electrons. The number of nitrogens with two attached hydrogens (primary N) is 1. The molecule has 0 aliphatic heterocycles. The fourth-order valence-corrected chi connectivity index (χ4v) is 1.85. The van der Waals surface area contributed by atoms with E-state index in [0.717, 1.165) is 21.4 Å². The molecule has 3 N–H and O–H groups in total. The minimum absolute atomic E-state index is 0.659. The minimum atomic E-state index is 0.659. The highest BCUT2D eigenvalue weighted by atomic mass is 79.9. The summed E-state index contributed by atoms with van der Waals surface area (Å²) in [5, 5.41) is 3.19. The predicted molar refractivity (Wildman–Crippen MR) is 74.4 cm³/mol. The number of nitrogen functional groups attached to an aromatic ring is 1. The summed E-state index contributed by atoms with van der Waals surface area (Å²) in [5.41, 5.74) is 9.53. The van der Waals surface area contributed by atoms with Crippen molar-refractivity contribution in [2.75, 3.05) is 11.1 Å². The lowest BCUT2D eigenvalue weighted by molar-refractivity contribution is 1.16. The quantitative estimate of drug-likeness (QED) is 0.889. The molecule has 0 amide bonds. The SMILES string of the molecule is Cc1nc(Nc2c[c]ccc2)c(N)c(C)c1Br. The Morgan fingerprint density at radius 3 is 2.82 bits per heavy atom. The van der Waals surface area contributed by atoms with Crippen molar-refractivity contribution in [3.8, 4) is 0 Å². The molecular formula is C13H13BrN3. The van der Waals surface area contributed by atoms with E-state index in [0.29, 0.717) is 11.5 Å². The molecule has 4 heteroatoms. The van der Waals surface area contributed by atoms with Crippen LogP contribution in [0.15, 0.2) is 28.7 Å². The second kappa shape index (κ2) is 4.75. The highest BCUT2D eigenvalue weighted by Crippen LogP contribution is 2.31. The topological polar surface area (TPSA) is 50.9 Å². The first-order chi connectivity index (χ1) is 8.09. The van der Waals surface area contributed by atoms with Gasteiger partial charge in [-0.1, -0.05) is 12.1 Å². The average molecular weight is 291 g/mol. The van der Waals surface area contributed by atoms with Crippen molar-refractivity contribution in [1.82, 2.24) is 4.98 Å². The van der Waals surface area contributed by atoms with Crippen LogP contribution < -0.4 is 11.1 Å². The van der Waals surface area contributed by atoms with Crippen LogP contribution in [0.2, 0.25) is 0 Å². The molecule has 1 aromatic heterocycles. The first-order valence-corrected chi connectivity index (χ1v) is 6.04. The van der Waals surface area contributed by atoms with Gasteiger partial charge >= 0.3 is 0 Å². The lowest BCUT2D eigenvalue weighted by Gasteiger charge is -2.13. The predicted octanol–water partition coefficient (Wildman–Crippen LogP) is 3.59. The molecule has 17 heavy (non-hydrogen) atoms. The largest absolute Gasteiger partial charge is 0.395 e. The molecule has 0 saturated carbocycles. The summed E-state index contributed by atoms with van der Waals surface area (Å²) in [4.78, 5) is 4.43. The van der Waals surface area contributed by atoms with Gasteiger partial charge in [-0.05, 0) is 53.5 Å². The fourth-order valence-electron chi connectivity index (χ4n) is 1.55. The number of aromatic nitrogens is 1. The van der Waals surface area contributed by atoms with E-state index in [-0.39, 0.29) is 0 Å². The smallest absolute Gasteiger partial charge is 0.154 e. The number of benzene rings is 1. The van der Waals surface area contributed by atoms with Crippen LogP contribution in [0.1, 0.15) is 11.3 Å². The first-order valence-electron chi connectivity index (χ1n) is 5.25. The van der Waals surface area contributed by atoms with Gasteiger partial charge in [0, 0.05) is 10.2 Å². The summed E-state index contributed by atoms with van der Waals surface area (Å²) in [5.74, 6) is 0.683. The van der Waals surface area contributed by atoms with E-state index in [1.807, 2.05) is 38.1 Å². The fraction of sp³-hybridized carbons (Fsp3) is 0.154. The monoisotopic (exact) mass is 290 g/mol. The molecule has 0 spiro atoms. The van der Waals surface area contributed by atoms with Gasteiger partial charge in [0.15, 0.2) is 5.82 Å². The first kappa shape index (κ1) is 11.9. The van der Waals surface area contributed by atoms with E-state index in [9.17, 15) is 0 Å². The third-order valence-corrected chi connectivity index (χ3v) is 3.72. The number of anilines is 3. The van der Waals surface area contributed by atoms with Gasteiger partial charge in [-0.3, -0.25) is 0 Å². The molecule has 1 heterocycles. The highest BCUT2D eigenvalue weighted by Gasteiger charge is 2.10. The van der Waals surface area contributed by atoms with Gasteiger partial charge in [-0.25, -0.2) is 4.98 Å². The van der Waals surface area contributed by atoms with Crippen LogP contribution in [0, 0.1) is 19.9 Å². The maximum atomic E-state index is 6.03. The summed E-state index contributed by atoms with van der Waals surface area (Å²) in [6.45, 7) is 3.91. The van der Waals surface area contributed by atoms with Crippen LogP contribution in [0.3, 0.4) is 0 Å². The van der Waals surface area contributed by atoms with Crippen LogP contribution >= 0.6 is 15.9 Å². The Balaban J connectivity index is 2.41. The summed E-state index contributed by atoms with van der Waals surface area (Å²) in [7, 11) is 0. The molecule has 0 saturated heterocycles. The molecule has 87 valence electrons. The number of rotatable bonds is 2. The molecule has 0 atom stereocenters. The van der Waals surface area contributed by atoms with E-state index in [2.05, 4.69) is 32.3 Å². The highest BCUT2D eigenvalue weighted by molar-refractivity contribution is 9.10. The van der Waals surface area contributed by atoms with Crippen LogP contribution in [0.5, 0.6) is 0 Å². The van der Waals surface area contributed by atoms with Crippen molar-refractivity contribution < 1.29 is 0 Å². The number of hydrogen-bond donors (Lipinski definition) is 2. The van der Waals surface area contributed by atoms with E-state index < -0.39 is 0 Å². The van der Waals surface area contributed by atoms with Crippen molar-refractivity contribution in [2.45, 2.75) is 13.8 Å². The van der Waals surface area contributed by atoms with Crippen LogP contribution in [0.25, 0.3) is 0 Å².